The Morgan fingerprint density at radius 3 is 2.62 bits per heavy atom. The van der Waals surface area contributed by atoms with Crippen molar-refractivity contribution < 1.29 is 9.53 Å². The standard InChI is InChI=1S/C12H18N2O2/c1-2-16-8-7-14-9-10-3-5-11(6-4-10)12(13)15/h3-6,14H,2,7-9H2,1H3,(H2,13,15). The molecule has 0 heterocycles. The minimum atomic E-state index is -0.393. The zero-order valence-corrected chi connectivity index (χ0v) is 9.53. The van der Waals surface area contributed by atoms with Gasteiger partial charge in [0.15, 0.2) is 0 Å². The van der Waals surface area contributed by atoms with Gasteiger partial charge in [0, 0.05) is 25.3 Å². The van der Waals surface area contributed by atoms with Gasteiger partial charge in [0.05, 0.1) is 6.61 Å². The van der Waals surface area contributed by atoms with E-state index in [4.69, 9.17) is 10.5 Å². The highest BCUT2D eigenvalue weighted by atomic mass is 16.5. The van der Waals surface area contributed by atoms with Gasteiger partial charge < -0.3 is 15.8 Å². The van der Waals surface area contributed by atoms with E-state index in [1.807, 2.05) is 19.1 Å². The second kappa shape index (κ2) is 6.98. The molecule has 0 unspecified atom stereocenters. The van der Waals surface area contributed by atoms with E-state index in [9.17, 15) is 4.79 Å². The summed E-state index contributed by atoms with van der Waals surface area (Å²) in [6.07, 6.45) is 0. The Morgan fingerprint density at radius 1 is 1.38 bits per heavy atom. The first kappa shape index (κ1) is 12.7. The van der Waals surface area contributed by atoms with Gasteiger partial charge in [-0.3, -0.25) is 4.79 Å². The smallest absolute Gasteiger partial charge is 0.248 e. The van der Waals surface area contributed by atoms with Crippen LogP contribution in [-0.2, 0) is 11.3 Å². The summed E-state index contributed by atoms with van der Waals surface area (Å²) < 4.78 is 5.20. The molecule has 0 aliphatic heterocycles. The van der Waals surface area contributed by atoms with Gasteiger partial charge in [0.2, 0.25) is 5.91 Å². The molecular weight excluding hydrogens is 204 g/mol. The summed E-state index contributed by atoms with van der Waals surface area (Å²) in [5, 5.41) is 3.24. The lowest BCUT2D eigenvalue weighted by molar-refractivity contribution is 0.100. The second-order valence-electron chi connectivity index (χ2n) is 3.43. The molecule has 1 aromatic rings. The molecule has 16 heavy (non-hydrogen) atoms. The third-order valence-corrected chi connectivity index (χ3v) is 2.19. The number of rotatable bonds is 7. The fourth-order valence-electron chi connectivity index (χ4n) is 1.31. The van der Waals surface area contributed by atoms with Crippen molar-refractivity contribution in [3.05, 3.63) is 35.4 Å². The van der Waals surface area contributed by atoms with Crippen molar-refractivity contribution in [3.63, 3.8) is 0 Å². The number of carbonyl (C=O) groups excluding carboxylic acids is 1. The molecule has 1 rings (SSSR count). The number of nitrogens with two attached hydrogens (primary N) is 1. The average Bonchev–Trinajstić information content (AvgIpc) is 2.29. The number of amides is 1. The van der Waals surface area contributed by atoms with Crippen molar-refractivity contribution in [1.82, 2.24) is 5.32 Å². The van der Waals surface area contributed by atoms with Crippen molar-refractivity contribution >= 4 is 5.91 Å². The largest absolute Gasteiger partial charge is 0.380 e. The molecule has 0 saturated heterocycles. The van der Waals surface area contributed by atoms with Gasteiger partial charge in [-0.15, -0.1) is 0 Å². The Balaban J connectivity index is 2.29. The van der Waals surface area contributed by atoms with Gasteiger partial charge in [0.1, 0.15) is 0 Å². The van der Waals surface area contributed by atoms with Crippen LogP contribution in [0.3, 0.4) is 0 Å². The SMILES string of the molecule is CCOCCNCc1ccc(C(N)=O)cc1. The Morgan fingerprint density at radius 2 is 2.06 bits per heavy atom. The lowest BCUT2D eigenvalue weighted by atomic mass is 10.1. The van der Waals surface area contributed by atoms with Crippen LogP contribution in [0.5, 0.6) is 0 Å². The molecule has 1 aromatic carbocycles. The summed E-state index contributed by atoms with van der Waals surface area (Å²) in [5.74, 6) is -0.393. The highest BCUT2D eigenvalue weighted by Gasteiger charge is 1.99. The maximum atomic E-state index is 10.8. The number of primary amides is 1. The molecule has 0 atom stereocenters. The molecule has 0 aliphatic rings. The van der Waals surface area contributed by atoms with Gasteiger partial charge in [0.25, 0.3) is 0 Å². The summed E-state index contributed by atoms with van der Waals surface area (Å²) in [5.41, 5.74) is 6.81. The molecular formula is C12H18N2O2. The van der Waals surface area contributed by atoms with Crippen LogP contribution in [0.2, 0.25) is 0 Å². The van der Waals surface area contributed by atoms with Crippen molar-refractivity contribution in [1.29, 1.82) is 0 Å². The minimum Gasteiger partial charge on any atom is -0.380 e. The van der Waals surface area contributed by atoms with Crippen molar-refractivity contribution in [2.45, 2.75) is 13.5 Å². The third-order valence-electron chi connectivity index (χ3n) is 2.19. The van der Waals surface area contributed by atoms with Crippen LogP contribution in [0.15, 0.2) is 24.3 Å². The minimum absolute atomic E-state index is 0.393. The van der Waals surface area contributed by atoms with E-state index < -0.39 is 5.91 Å². The summed E-state index contributed by atoms with van der Waals surface area (Å²) >= 11 is 0. The molecule has 1 amide bonds. The molecule has 0 aliphatic carbocycles. The zero-order chi connectivity index (χ0) is 11.8. The highest BCUT2D eigenvalue weighted by molar-refractivity contribution is 5.92. The average molecular weight is 222 g/mol. The Labute approximate surface area is 95.8 Å². The number of hydrogen-bond acceptors (Lipinski definition) is 3. The molecule has 0 saturated carbocycles. The molecule has 4 nitrogen and oxygen atoms in total. The van der Waals surface area contributed by atoms with Gasteiger partial charge in [-0.05, 0) is 24.6 Å². The van der Waals surface area contributed by atoms with Crippen molar-refractivity contribution in [3.8, 4) is 0 Å². The van der Waals surface area contributed by atoms with E-state index in [1.165, 1.54) is 0 Å². The fourth-order valence-corrected chi connectivity index (χ4v) is 1.31. The number of hydrogen-bond donors (Lipinski definition) is 2. The van der Waals surface area contributed by atoms with E-state index in [0.717, 1.165) is 31.9 Å². The Bertz CT molecular complexity index is 322. The number of ether oxygens (including phenoxy) is 1. The van der Waals surface area contributed by atoms with Gasteiger partial charge in [-0.1, -0.05) is 12.1 Å². The molecule has 0 spiro atoms. The maximum absolute atomic E-state index is 10.8. The van der Waals surface area contributed by atoms with Gasteiger partial charge >= 0.3 is 0 Å². The maximum Gasteiger partial charge on any atom is 0.248 e. The zero-order valence-electron chi connectivity index (χ0n) is 9.53. The molecule has 0 aromatic heterocycles. The van der Waals surface area contributed by atoms with Crippen molar-refractivity contribution in [2.75, 3.05) is 19.8 Å². The third kappa shape index (κ3) is 4.42. The number of carbonyl (C=O) groups is 1. The van der Waals surface area contributed by atoms with E-state index in [-0.39, 0.29) is 0 Å². The van der Waals surface area contributed by atoms with E-state index in [0.29, 0.717) is 5.56 Å². The first-order valence-corrected chi connectivity index (χ1v) is 5.41. The fraction of sp³-hybridized carbons (Fsp3) is 0.417. The molecule has 3 N–H and O–H groups in total. The predicted octanol–water partition coefficient (Wildman–Crippen LogP) is 0.912. The van der Waals surface area contributed by atoms with E-state index >= 15 is 0 Å². The van der Waals surface area contributed by atoms with Crippen LogP contribution < -0.4 is 11.1 Å². The van der Waals surface area contributed by atoms with Crippen LogP contribution in [-0.4, -0.2) is 25.7 Å². The first-order chi connectivity index (χ1) is 7.74. The quantitative estimate of drug-likeness (QED) is 0.674. The topological polar surface area (TPSA) is 64.3 Å². The van der Waals surface area contributed by atoms with Crippen LogP contribution in [0.25, 0.3) is 0 Å². The summed E-state index contributed by atoms with van der Waals surface area (Å²) in [6.45, 7) is 5.03. The molecule has 0 bridgehead atoms. The second-order valence-corrected chi connectivity index (χ2v) is 3.43. The number of benzene rings is 1. The molecule has 88 valence electrons. The van der Waals surface area contributed by atoms with Crippen LogP contribution in [0.1, 0.15) is 22.8 Å². The Hall–Kier alpha value is -1.39. The summed E-state index contributed by atoms with van der Waals surface area (Å²) in [6, 6.07) is 7.27. The van der Waals surface area contributed by atoms with E-state index in [2.05, 4.69) is 5.32 Å². The lowest BCUT2D eigenvalue weighted by Gasteiger charge is -2.05. The predicted molar refractivity (Wildman–Crippen MR) is 63.2 cm³/mol. The molecule has 4 heteroatoms. The van der Waals surface area contributed by atoms with Gasteiger partial charge in [-0.2, -0.15) is 0 Å². The summed E-state index contributed by atoms with van der Waals surface area (Å²) in [7, 11) is 0. The van der Waals surface area contributed by atoms with Crippen molar-refractivity contribution in [2.24, 2.45) is 5.73 Å². The summed E-state index contributed by atoms with van der Waals surface area (Å²) in [4.78, 5) is 10.8. The molecule has 0 radical (unpaired) electrons. The van der Waals surface area contributed by atoms with Gasteiger partial charge in [-0.25, -0.2) is 0 Å². The normalized spacial score (nSPS) is 10.3. The molecule has 0 fully saturated rings. The first-order valence-electron chi connectivity index (χ1n) is 5.41. The monoisotopic (exact) mass is 222 g/mol. The van der Waals surface area contributed by atoms with Crippen LogP contribution in [0.4, 0.5) is 0 Å². The lowest BCUT2D eigenvalue weighted by Crippen LogP contribution is -2.19. The highest BCUT2D eigenvalue weighted by Crippen LogP contribution is 2.03. The Kier molecular flexibility index (Phi) is 5.53. The van der Waals surface area contributed by atoms with Crippen LogP contribution >= 0.6 is 0 Å². The van der Waals surface area contributed by atoms with E-state index in [1.54, 1.807) is 12.1 Å². The van der Waals surface area contributed by atoms with Crippen LogP contribution in [0, 0.1) is 0 Å². The number of nitrogens with one attached hydrogen (secondary N) is 1.